The number of ether oxygens (including phenoxy) is 1. The number of aliphatic hydroxyl groups is 1. The van der Waals surface area contributed by atoms with Gasteiger partial charge in [-0.15, -0.1) is 0 Å². The van der Waals surface area contributed by atoms with Crippen molar-refractivity contribution in [3.05, 3.63) is 0 Å². The molecule has 4 fully saturated rings. The van der Waals surface area contributed by atoms with Gasteiger partial charge in [0.2, 0.25) is 0 Å². The molecule has 7 heteroatoms. The quantitative estimate of drug-likeness (QED) is 0.345. The average molecular weight is 411 g/mol. The zero-order valence-corrected chi connectivity index (χ0v) is 17.8. The molecule has 7 atom stereocenters. The molecular formula is C21H38N4O2S. The Kier molecular flexibility index (Phi) is 7.69. The molecule has 0 bridgehead atoms. The van der Waals surface area contributed by atoms with Gasteiger partial charge < -0.3 is 9.84 Å². The molecule has 2 saturated heterocycles. The second-order valence-electron chi connectivity index (χ2n) is 9.12. The van der Waals surface area contributed by atoms with Crippen molar-refractivity contribution in [3.8, 4) is 0 Å². The third-order valence-electron chi connectivity index (χ3n) is 7.35. The van der Waals surface area contributed by atoms with Crippen LogP contribution in [0.15, 0.2) is 4.99 Å². The van der Waals surface area contributed by atoms with Gasteiger partial charge in [0.15, 0.2) is 0 Å². The van der Waals surface area contributed by atoms with Crippen LogP contribution in [0.1, 0.15) is 57.8 Å². The maximum absolute atomic E-state index is 10.8. The van der Waals surface area contributed by atoms with Gasteiger partial charge in [0.25, 0.3) is 0 Å². The maximum Gasteiger partial charge on any atom is 0.113 e. The standard InChI is InChI=1S/C21H38N4O2S/c1-22-13-23-21(27-15-5-3-2-4-6-15)16-12-28-19-8-7-14(20(16)19)11-18(26)17-9-10-24-25-17/h14-21,23-26H,1-13H2/t14-,16?,17?,18-,19?,20+,21?/m1/s1. The van der Waals surface area contributed by atoms with Crippen LogP contribution in [-0.4, -0.2) is 60.5 Å². The molecule has 2 saturated carbocycles. The number of aliphatic imine (C=N–C) groups is 1. The molecule has 0 aromatic carbocycles. The summed E-state index contributed by atoms with van der Waals surface area (Å²) < 4.78 is 6.64. The van der Waals surface area contributed by atoms with Crippen LogP contribution in [0.25, 0.3) is 0 Å². The Hall–Kier alpha value is -0.180. The molecule has 4 aliphatic rings. The van der Waals surface area contributed by atoms with E-state index in [0.29, 0.717) is 30.5 Å². The zero-order chi connectivity index (χ0) is 19.3. The Labute approximate surface area is 174 Å². The molecule has 2 heterocycles. The number of hydrazine groups is 1. The molecule has 0 aromatic heterocycles. The molecule has 4 N–H and O–H groups in total. The Morgan fingerprint density at radius 3 is 2.79 bits per heavy atom. The average Bonchev–Trinajstić information content (AvgIpc) is 3.45. The van der Waals surface area contributed by atoms with Crippen molar-refractivity contribution in [1.82, 2.24) is 16.2 Å². The number of hydrogen-bond acceptors (Lipinski definition) is 7. The fraction of sp³-hybridized carbons (Fsp3) is 0.952. The summed E-state index contributed by atoms with van der Waals surface area (Å²) >= 11 is 2.13. The smallest absolute Gasteiger partial charge is 0.113 e. The molecule has 0 radical (unpaired) electrons. The summed E-state index contributed by atoms with van der Waals surface area (Å²) in [6.45, 7) is 5.16. The molecule has 0 amide bonds. The summed E-state index contributed by atoms with van der Waals surface area (Å²) in [6.07, 6.45) is 11.0. The van der Waals surface area contributed by atoms with Crippen LogP contribution in [0.3, 0.4) is 0 Å². The van der Waals surface area contributed by atoms with Gasteiger partial charge in [0.1, 0.15) is 6.23 Å². The number of thioether (sulfide) groups is 1. The Morgan fingerprint density at radius 2 is 2.04 bits per heavy atom. The van der Waals surface area contributed by atoms with E-state index >= 15 is 0 Å². The van der Waals surface area contributed by atoms with Gasteiger partial charge in [-0.1, -0.05) is 19.3 Å². The molecule has 4 unspecified atom stereocenters. The van der Waals surface area contributed by atoms with E-state index in [1.165, 1.54) is 44.9 Å². The summed E-state index contributed by atoms with van der Waals surface area (Å²) in [7, 11) is 0. The van der Waals surface area contributed by atoms with Gasteiger partial charge in [-0.3, -0.25) is 21.2 Å². The van der Waals surface area contributed by atoms with Crippen molar-refractivity contribution >= 4 is 18.5 Å². The monoisotopic (exact) mass is 410 g/mol. The first kappa shape index (κ1) is 21.1. The molecular weight excluding hydrogens is 372 g/mol. The van der Waals surface area contributed by atoms with E-state index in [1.807, 2.05) is 0 Å². The van der Waals surface area contributed by atoms with Crippen LogP contribution < -0.4 is 16.2 Å². The summed E-state index contributed by atoms with van der Waals surface area (Å²) in [5.74, 6) is 2.90. The van der Waals surface area contributed by atoms with E-state index in [4.69, 9.17) is 4.74 Å². The molecule has 2 aliphatic heterocycles. The lowest BCUT2D eigenvalue weighted by molar-refractivity contribution is -0.0825. The minimum Gasteiger partial charge on any atom is -0.391 e. The summed E-state index contributed by atoms with van der Waals surface area (Å²) in [6, 6.07) is 0.198. The van der Waals surface area contributed by atoms with Crippen LogP contribution >= 0.6 is 11.8 Å². The van der Waals surface area contributed by atoms with Crippen LogP contribution in [0.5, 0.6) is 0 Å². The van der Waals surface area contributed by atoms with E-state index in [-0.39, 0.29) is 18.4 Å². The Bertz CT molecular complexity index is 499. The Morgan fingerprint density at radius 1 is 1.18 bits per heavy atom. The lowest BCUT2D eigenvalue weighted by atomic mass is 9.80. The van der Waals surface area contributed by atoms with Crippen LogP contribution in [0.4, 0.5) is 0 Å². The van der Waals surface area contributed by atoms with Gasteiger partial charge in [-0.25, -0.2) is 0 Å². The number of nitrogens with one attached hydrogen (secondary N) is 3. The largest absolute Gasteiger partial charge is 0.391 e. The van der Waals surface area contributed by atoms with Crippen molar-refractivity contribution in [2.75, 3.05) is 19.0 Å². The molecule has 0 spiro atoms. The first-order chi connectivity index (χ1) is 13.8. The highest BCUT2D eigenvalue weighted by Gasteiger charge is 2.49. The van der Waals surface area contributed by atoms with E-state index in [1.54, 1.807) is 0 Å². The normalized spacial score (nSPS) is 38.4. The Balaban J connectivity index is 1.40. The van der Waals surface area contributed by atoms with Gasteiger partial charge in [-0.05, 0) is 57.1 Å². The van der Waals surface area contributed by atoms with Crippen molar-refractivity contribution in [3.63, 3.8) is 0 Å². The van der Waals surface area contributed by atoms with Gasteiger partial charge in [-0.2, -0.15) is 11.8 Å². The number of nitrogens with zero attached hydrogens (tertiary/aromatic N) is 1. The van der Waals surface area contributed by atoms with Crippen molar-refractivity contribution < 1.29 is 9.84 Å². The molecule has 4 rings (SSSR count). The van der Waals surface area contributed by atoms with Crippen LogP contribution in [-0.2, 0) is 4.74 Å². The number of fused-ring (bicyclic) bond motifs is 1. The van der Waals surface area contributed by atoms with E-state index < -0.39 is 0 Å². The first-order valence-electron chi connectivity index (χ1n) is 11.4. The van der Waals surface area contributed by atoms with Crippen molar-refractivity contribution in [2.24, 2.45) is 22.7 Å². The topological polar surface area (TPSA) is 77.9 Å². The second kappa shape index (κ2) is 10.2. The van der Waals surface area contributed by atoms with E-state index in [2.05, 4.69) is 39.6 Å². The van der Waals surface area contributed by atoms with Gasteiger partial charge in [0, 0.05) is 29.5 Å². The summed E-state index contributed by atoms with van der Waals surface area (Å²) in [5.41, 5.74) is 6.40. The number of aliphatic hydroxyl groups excluding tert-OH is 1. The second-order valence-corrected chi connectivity index (χ2v) is 10.4. The molecule has 6 nitrogen and oxygen atoms in total. The fourth-order valence-corrected chi connectivity index (χ4v) is 7.74. The highest BCUT2D eigenvalue weighted by molar-refractivity contribution is 8.00. The highest BCUT2D eigenvalue weighted by Crippen LogP contribution is 2.53. The van der Waals surface area contributed by atoms with Gasteiger partial charge in [0.05, 0.1) is 18.9 Å². The van der Waals surface area contributed by atoms with Crippen LogP contribution in [0, 0.1) is 17.8 Å². The number of hydrogen-bond donors (Lipinski definition) is 4. The predicted octanol–water partition coefficient (Wildman–Crippen LogP) is 2.28. The third-order valence-corrected chi connectivity index (χ3v) is 8.91. The third kappa shape index (κ3) is 4.93. The molecule has 0 aromatic rings. The molecule has 28 heavy (non-hydrogen) atoms. The highest BCUT2D eigenvalue weighted by atomic mass is 32.2. The lowest BCUT2D eigenvalue weighted by Gasteiger charge is -2.36. The molecule has 2 aliphatic carbocycles. The SMILES string of the molecule is C=NCNC(OC1CCCCC1)C1CSC2CC[C@H](C[C@@H](O)C3CCNN3)[C@H]21. The predicted molar refractivity (Wildman–Crippen MR) is 115 cm³/mol. The van der Waals surface area contributed by atoms with Gasteiger partial charge >= 0.3 is 0 Å². The maximum atomic E-state index is 10.8. The number of rotatable bonds is 9. The zero-order valence-electron chi connectivity index (χ0n) is 17.0. The van der Waals surface area contributed by atoms with E-state index in [9.17, 15) is 5.11 Å². The summed E-state index contributed by atoms with van der Waals surface area (Å²) in [4.78, 5) is 4.04. The van der Waals surface area contributed by atoms with Crippen molar-refractivity contribution in [1.29, 1.82) is 0 Å². The first-order valence-corrected chi connectivity index (χ1v) is 12.4. The minimum atomic E-state index is -0.259. The molecule has 160 valence electrons. The minimum absolute atomic E-state index is 0.0696. The van der Waals surface area contributed by atoms with Crippen molar-refractivity contribution in [2.45, 2.75) is 87.5 Å². The van der Waals surface area contributed by atoms with E-state index in [0.717, 1.165) is 30.4 Å². The van der Waals surface area contributed by atoms with Crippen LogP contribution in [0.2, 0.25) is 0 Å². The lowest BCUT2D eigenvalue weighted by Crippen LogP contribution is -2.46. The fourth-order valence-electron chi connectivity index (χ4n) is 5.93. The summed E-state index contributed by atoms with van der Waals surface area (Å²) in [5, 5.41) is 15.1.